The molecular formula is C25H30N2O6. The number of aromatic hydroxyl groups is 1. The van der Waals surface area contributed by atoms with E-state index in [1.54, 1.807) is 44.4 Å². The van der Waals surface area contributed by atoms with Crippen LogP contribution in [0.15, 0.2) is 42.0 Å². The number of phenols is 1. The molecule has 33 heavy (non-hydrogen) atoms. The van der Waals surface area contributed by atoms with E-state index in [-0.39, 0.29) is 22.8 Å². The molecule has 0 aliphatic carbocycles. The summed E-state index contributed by atoms with van der Waals surface area (Å²) in [4.78, 5) is 29.6. The van der Waals surface area contributed by atoms with Crippen molar-refractivity contribution in [1.82, 2.24) is 9.80 Å². The molecule has 1 heterocycles. The molecule has 1 saturated heterocycles. The number of aryl methyl sites for hydroxylation is 1. The second-order valence-corrected chi connectivity index (χ2v) is 8.26. The average molecular weight is 455 g/mol. The van der Waals surface area contributed by atoms with Crippen LogP contribution in [-0.4, -0.2) is 73.1 Å². The fraction of sp³-hybridized carbons (Fsp3) is 0.360. The standard InChI is InChI=1S/C25H30N2O6/c1-15-13-17(32-4)8-9-18(15)23(29)21-22(16-7-10-19(28)20(14-16)33-5)27(25(31)24(21)30)12-6-11-26(2)3/h7-10,13-14,22,28-29H,6,11-12H2,1-5H3/b23-21+/t22-/m0/s1. The number of hydrogen-bond acceptors (Lipinski definition) is 7. The SMILES string of the molecule is COc1ccc(/C(O)=C2\C(=O)C(=O)N(CCCN(C)C)[C@H]2c2ccc(O)c(OC)c2)c(C)c1. The van der Waals surface area contributed by atoms with Gasteiger partial charge in [0.25, 0.3) is 11.7 Å². The molecule has 2 N–H and O–H groups in total. The van der Waals surface area contributed by atoms with Gasteiger partial charge in [0, 0.05) is 12.1 Å². The van der Waals surface area contributed by atoms with Crippen LogP contribution in [-0.2, 0) is 9.59 Å². The molecule has 0 bridgehead atoms. The smallest absolute Gasteiger partial charge is 0.295 e. The van der Waals surface area contributed by atoms with Gasteiger partial charge < -0.3 is 29.5 Å². The van der Waals surface area contributed by atoms with E-state index in [0.29, 0.717) is 35.4 Å². The van der Waals surface area contributed by atoms with Crippen molar-refractivity contribution in [3.8, 4) is 17.2 Å². The van der Waals surface area contributed by atoms with Crippen molar-refractivity contribution in [3.63, 3.8) is 0 Å². The zero-order chi connectivity index (χ0) is 24.3. The van der Waals surface area contributed by atoms with Crippen LogP contribution in [0.2, 0.25) is 0 Å². The van der Waals surface area contributed by atoms with Gasteiger partial charge in [0.2, 0.25) is 0 Å². The third-order valence-corrected chi connectivity index (χ3v) is 5.75. The van der Waals surface area contributed by atoms with Crippen molar-refractivity contribution < 1.29 is 29.3 Å². The van der Waals surface area contributed by atoms with Gasteiger partial charge in [-0.15, -0.1) is 0 Å². The van der Waals surface area contributed by atoms with Gasteiger partial charge in [-0.25, -0.2) is 0 Å². The summed E-state index contributed by atoms with van der Waals surface area (Å²) >= 11 is 0. The highest BCUT2D eigenvalue weighted by molar-refractivity contribution is 6.46. The minimum atomic E-state index is -0.817. The lowest BCUT2D eigenvalue weighted by Gasteiger charge is -2.26. The van der Waals surface area contributed by atoms with Crippen LogP contribution < -0.4 is 9.47 Å². The number of nitrogens with zero attached hydrogens (tertiary/aromatic N) is 2. The molecule has 0 radical (unpaired) electrons. The molecule has 1 amide bonds. The van der Waals surface area contributed by atoms with Crippen molar-refractivity contribution in [2.45, 2.75) is 19.4 Å². The summed E-state index contributed by atoms with van der Waals surface area (Å²) in [6, 6.07) is 8.95. The fourth-order valence-electron chi connectivity index (χ4n) is 4.05. The Morgan fingerprint density at radius 1 is 1.09 bits per heavy atom. The number of Topliss-reactive ketones (excluding diaryl/α,β-unsaturated/α-hetero) is 1. The van der Waals surface area contributed by atoms with Crippen LogP contribution in [0.5, 0.6) is 17.2 Å². The molecule has 3 rings (SSSR count). The number of rotatable bonds is 8. The second kappa shape index (κ2) is 9.95. The van der Waals surface area contributed by atoms with Gasteiger partial charge in [-0.1, -0.05) is 6.07 Å². The summed E-state index contributed by atoms with van der Waals surface area (Å²) < 4.78 is 10.5. The third kappa shape index (κ3) is 4.80. The van der Waals surface area contributed by atoms with E-state index in [1.165, 1.54) is 18.1 Å². The number of aliphatic hydroxyl groups is 1. The molecule has 2 aromatic carbocycles. The highest BCUT2D eigenvalue weighted by atomic mass is 16.5. The van der Waals surface area contributed by atoms with Gasteiger partial charge in [0.1, 0.15) is 11.5 Å². The van der Waals surface area contributed by atoms with Crippen molar-refractivity contribution in [2.24, 2.45) is 0 Å². The lowest BCUT2D eigenvalue weighted by atomic mass is 9.93. The molecule has 1 atom stereocenters. The lowest BCUT2D eigenvalue weighted by molar-refractivity contribution is -0.139. The summed E-state index contributed by atoms with van der Waals surface area (Å²) in [7, 11) is 6.84. The number of amides is 1. The number of hydrogen-bond donors (Lipinski definition) is 2. The van der Waals surface area contributed by atoms with Gasteiger partial charge in [0.05, 0.1) is 25.8 Å². The molecule has 0 unspecified atom stereocenters. The Morgan fingerprint density at radius 3 is 2.42 bits per heavy atom. The first kappa shape index (κ1) is 24.1. The van der Waals surface area contributed by atoms with Crippen LogP contribution in [0.4, 0.5) is 0 Å². The number of carbonyl (C=O) groups excluding carboxylic acids is 2. The van der Waals surface area contributed by atoms with Crippen molar-refractivity contribution in [3.05, 3.63) is 58.7 Å². The number of ketones is 1. The maximum absolute atomic E-state index is 13.1. The fourth-order valence-corrected chi connectivity index (χ4v) is 4.05. The van der Waals surface area contributed by atoms with E-state index in [2.05, 4.69) is 0 Å². The van der Waals surface area contributed by atoms with Crippen molar-refractivity contribution in [1.29, 1.82) is 0 Å². The largest absolute Gasteiger partial charge is 0.507 e. The van der Waals surface area contributed by atoms with Gasteiger partial charge in [-0.3, -0.25) is 9.59 Å². The van der Waals surface area contributed by atoms with Gasteiger partial charge in [0.15, 0.2) is 11.5 Å². The van der Waals surface area contributed by atoms with Gasteiger partial charge >= 0.3 is 0 Å². The third-order valence-electron chi connectivity index (χ3n) is 5.75. The summed E-state index contributed by atoms with van der Waals surface area (Å²) in [5.41, 5.74) is 1.71. The number of ether oxygens (including phenoxy) is 2. The van der Waals surface area contributed by atoms with E-state index in [4.69, 9.17) is 9.47 Å². The number of phenolic OH excluding ortho intramolecular Hbond substituents is 1. The number of likely N-dealkylation sites (tertiary alicyclic amines) is 1. The zero-order valence-electron chi connectivity index (χ0n) is 19.6. The molecule has 1 aliphatic heterocycles. The molecule has 0 spiro atoms. The summed E-state index contributed by atoms with van der Waals surface area (Å²) in [6.45, 7) is 2.85. The van der Waals surface area contributed by atoms with Crippen LogP contribution in [0.3, 0.4) is 0 Å². The number of methoxy groups -OCH3 is 2. The Morgan fingerprint density at radius 2 is 1.82 bits per heavy atom. The lowest BCUT2D eigenvalue weighted by Crippen LogP contribution is -2.32. The average Bonchev–Trinajstić information content (AvgIpc) is 3.03. The Balaban J connectivity index is 2.16. The normalized spacial score (nSPS) is 17.6. The Bertz CT molecular complexity index is 1090. The minimum absolute atomic E-state index is 0.00543. The molecule has 1 fully saturated rings. The first-order valence-corrected chi connectivity index (χ1v) is 10.6. The molecule has 0 aromatic heterocycles. The van der Waals surface area contributed by atoms with Gasteiger partial charge in [-0.2, -0.15) is 0 Å². The maximum atomic E-state index is 13.1. The molecule has 0 saturated carbocycles. The Labute approximate surface area is 193 Å². The number of carbonyl (C=O) groups is 2. The van der Waals surface area contributed by atoms with E-state index >= 15 is 0 Å². The van der Waals surface area contributed by atoms with E-state index < -0.39 is 17.7 Å². The zero-order valence-corrected chi connectivity index (χ0v) is 19.6. The van der Waals surface area contributed by atoms with Crippen LogP contribution >= 0.6 is 0 Å². The van der Waals surface area contributed by atoms with Gasteiger partial charge in [-0.05, 0) is 75.4 Å². The van der Waals surface area contributed by atoms with Crippen molar-refractivity contribution >= 4 is 17.4 Å². The molecular weight excluding hydrogens is 424 g/mol. The van der Waals surface area contributed by atoms with Crippen LogP contribution in [0, 0.1) is 6.92 Å². The highest BCUT2D eigenvalue weighted by Crippen LogP contribution is 2.42. The molecule has 8 heteroatoms. The van der Waals surface area contributed by atoms with E-state index in [0.717, 1.165) is 6.54 Å². The predicted molar refractivity (Wildman–Crippen MR) is 125 cm³/mol. The molecule has 1 aliphatic rings. The van der Waals surface area contributed by atoms with Crippen LogP contribution in [0.1, 0.15) is 29.2 Å². The summed E-state index contributed by atoms with van der Waals surface area (Å²) in [5.74, 6) is -0.888. The quantitative estimate of drug-likeness (QED) is 0.359. The number of aliphatic hydroxyl groups excluding tert-OH is 1. The maximum Gasteiger partial charge on any atom is 0.295 e. The molecule has 8 nitrogen and oxygen atoms in total. The van der Waals surface area contributed by atoms with E-state index in [1.807, 2.05) is 19.0 Å². The molecule has 2 aromatic rings. The van der Waals surface area contributed by atoms with Crippen molar-refractivity contribution in [2.75, 3.05) is 41.4 Å². The summed E-state index contributed by atoms with van der Waals surface area (Å²) in [6.07, 6.45) is 0.646. The second-order valence-electron chi connectivity index (χ2n) is 8.26. The predicted octanol–water partition coefficient (Wildman–Crippen LogP) is 3.09. The summed E-state index contributed by atoms with van der Waals surface area (Å²) in [5, 5.41) is 21.3. The minimum Gasteiger partial charge on any atom is -0.507 e. The number of benzene rings is 2. The van der Waals surface area contributed by atoms with E-state index in [9.17, 15) is 19.8 Å². The Kier molecular flexibility index (Phi) is 7.28. The molecule has 176 valence electrons. The highest BCUT2D eigenvalue weighted by Gasteiger charge is 2.46. The van der Waals surface area contributed by atoms with Crippen LogP contribution in [0.25, 0.3) is 5.76 Å². The topological polar surface area (TPSA) is 99.5 Å². The monoisotopic (exact) mass is 454 g/mol. The first-order valence-electron chi connectivity index (χ1n) is 10.6. The first-order chi connectivity index (χ1) is 15.7. The Hall–Kier alpha value is -3.52.